The normalized spacial score (nSPS) is 11.4. The third-order valence-electron chi connectivity index (χ3n) is 6.14. The molecule has 0 spiro atoms. The Morgan fingerprint density at radius 3 is 2.48 bits per heavy atom. The number of carbonyl (C=O) groups excluding carboxylic acids is 2. The van der Waals surface area contributed by atoms with Gasteiger partial charge in [0.2, 0.25) is 6.79 Å². The fourth-order valence-electron chi connectivity index (χ4n) is 4.21. The molecule has 0 unspecified atom stereocenters. The van der Waals surface area contributed by atoms with Crippen LogP contribution >= 0.6 is 0 Å². The number of esters is 2. The van der Waals surface area contributed by atoms with Crippen LogP contribution in [0.15, 0.2) is 67.0 Å². The average Bonchev–Trinajstić information content (AvgIpc) is 3.63. The molecule has 0 bridgehead atoms. The lowest BCUT2D eigenvalue weighted by atomic mass is 9.98. The van der Waals surface area contributed by atoms with Crippen molar-refractivity contribution in [3.8, 4) is 34.0 Å². The zero-order valence-corrected chi connectivity index (χ0v) is 22.5. The molecule has 1 N–H and O–H groups in total. The third kappa shape index (κ3) is 5.26. The van der Waals surface area contributed by atoms with Crippen molar-refractivity contribution >= 4 is 23.0 Å². The lowest BCUT2D eigenvalue weighted by Crippen LogP contribution is -2.24. The minimum absolute atomic E-state index is 0.284. The summed E-state index contributed by atoms with van der Waals surface area (Å²) in [6.45, 7) is 7.05. The van der Waals surface area contributed by atoms with E-state index in [1.807, 2.05) is 55.5 Å². The number of nitrogens with zero attached hydrogens (tertiary/aromatic N) is 5. The van der Waals surface area contributed by atoms with Gasteiger partial charge in [-0.2, -0.15) is 0 Å². The smallest absolute Gasteiger partial charge is 0.343 e. The maximum absolute atomic E-state index is 13.0. The van der Waals surface area contributed by atoms with Crippen LogP contribution in [0.1, 0.15) is 38.1 Å². The Hall–Kier alpha value is -5.06. The van der Waals surface area contributed by atoms with E-state index in [0.717, 1.165) is 22.4 Å². The summed E-state index contributed by atoms with van der Waals surface area (Å²) >= 11 is 0. The van der Waals surface area contributed by atoms with Crippen molar-refractivity contribution < 1.29 is 23.8 Å². The number of ether oxygens (including phenoxy) is 3. The highest BCUT2D eigenvalue weighted by Gasteiger charge is 2.24. The molecule has 0 saturated heterocycles. The molecule has 0 aliphatic rings. The molecule has 5 rings (SSSR count). The third-order valence-corrected chi connectivity index (χ3v) is 6.14. The number of aromatic amines is 1. The van der Waals surface area contributed by atoms with Crippen molar-refractivity contribution in [3.63, 3.8) is 0 Å². The Labute approximate surface area is 230 Å². The number of aromatic nitrogens is 6. The number of benzene rings is 3. The molecule has 0 fully saturated rings. The predicted octanol–water partition coefficient (Wildman–Crippen LogP) is 4.97. The van der Waals surface area contributed by atoms with Crippen molar-refractivity contribution in [3.05, 3.63) is 72.6 Å². The summed E-state index contributed by atoms with van der Waals surface area (Å²) in [4.78, 5) is 29.6. The molecule has 11 nitrogen and oxygen atoms in total. The largest absolute Gasteiger partial charge is 0.493 e. The number of imidazole rings is 1. The van der Waals surface area contributed by atoms with E-state index in [9.17, 15) is 9.59 Å². The molecule has 0 radical (unpaired) electrons. The predicted molar refractivity (Wildman–Crippen MR) is 147 cm³/mol. The lowest BCUT2D eigenvalue weighted by Gasteiger charge is -2.17. The molecule has 0 aliphatic heterocycles. The van der Waals surface area contributed by atoms with Gasteiger partial charge in [-0.3, -0.25) is 9.36 Å². The van der Waals surface area contributed by atoms with Crippen molar-refractivity contribution in [1.29, 1.82) is 0 Å². The summed E-state index contributed by atoms with van der Waals surface area (Å²) in [5.74, 6) is 0.0773. The van der Waals surface area contributed by atoms with Gasteiger partial charge in [-0.05, 0) is 68.0 Å². The second kappa shape index (κ2) is 11.0. The molecule has 2 aromatic heterocycles. The summed E-state index contributed by atoms with van der Waals surface area (Å²) in [5, 5.41) is 14.3. The molecule has 0 saturated carbocycles. The number of fused-ring (bicyclic) bond motifs is 1. The van der Waals surface area contributed by atoms with Crippen LogP contribution in [0.5, 0.6) is 5.75 Å². The van der Waals surface area contributed by atoms with Gasteiger partial charge in [0.05, 0.1) is 34.3 Å². The number of carbonyl (C=O) groups is 2. The van der Waals surface area contributed by atoms with Crippen molar-refractivity contribution in [1.82, 2.24) is 30.2 Å². The summed E-state index contributed by atoms with van der Waals surface area (Å²) in [6, 6.07) is 18.7. The van der Waals surface area contributed by atoms with E-state index in [1.165, 1.54) is 0 Å². The molecule has 2 heterocycles. The molecule has 0 aliphatic carbocycles. The highest BCUT2D eigenvalue weighted by molar-refractivity contribution is 6.02. The van der Waals surface area contributed by atoms with Crippen LogP contribution in [-0.2, 0) is 14.3 Å². The van der Waals surface area contributed by atoms with E-state index in [1.54, 1.807) is 43.8 Å². The Kier molecular flexibility index (Phi) is 7.28. The second-order valence-corrected chi connectivity index (χ2v) is 9.93. The maximum atomic E-state index is 13.0. The first kappa shape index (κ1) is 26.5. The number of tetrazole rings is 1. The minimum Gasteiger partial charge on any atom is -0.493 e. The lowest BCUT2D eigenvalue weighted by molar-refractivity contribution is -0.161. The SMILES string of the molecule is CCOc1cc(-n2cnc3cccc(C(=O)OCOC(=O)C(C)(C)C)c32)ccc1-c1ccccc1-c1nnn[nH]1. The van der Waals surface area contributed by atoms with Gasteiger partial charge < -0.3 is 14.2 Å². The van der Waals surface area contributed by atoms with Crippen LogP contribution < -0.4 is 4.74 Å². The van der Waals surface area contributed by atoms with E-state index in [4.69, 9.17) is 14.2 Å². The van der Waals surface area contributed by atoms with Gasteiger partial charge in [-0.25, -0.2) is 14.9 Å². The van der Waals surface area contributed by atoms with Crippen LogP contribution in [0.4, 0.5) is 0 Å². The number of para-hydroxylation sites is 1. The molecule has 5 aromatic rings. The summed E-state index contributed by atoms with van der Waals surface area (Å²) < 4.78 is 18.2. The highest BCUT2D eigenvalue weighted by atomic mass is 16.7. The topological polar surface area (TPSA) is 134 Å². The standard InChI is InChI=1S/C29H28N6O5/c1-5-38-24-15-18(13-14-20(24)19-9-6-7-10-21(19)26-31-33-34-32-26)35-16-30-23-12-8-11-22(25(23)35)27(36)39-17-40-28(37)29(2,3)4/h6-16H,5,17H2,1-4H3,(H,31,32,33,34). The average molecular weight is 541 g/mol. The van der Waals surface area contributed by atoms with Crippen molar-refractivity contribution in [2.24, 2.45) is 5.41 Å². The Morgan fingerprint density at radius 2 is 1.75 bits per heavy atom. The van der Waals surface area contributed by atoms with Gasteiger partial charge in [-0.1, -0.05) is 30.3 Å². The van der Waals surface area contributed by atoms with Gasteiger partial charge in [0.25, 0.3) is 0 Å². The van der Waals surface area contributed by atoms with Gasteiger partial charge in [-0.15, -0.1) is 5.10 Å². The first-order valence-corrected chi connectivity index (χ1v) is 12.7. The van der Waals surface area contributed by atoms with E-state index < -0.39 is 24.1 Å². The molecular formula is C29H28N6O5. The second-order valence-electron chi connectivity index (χ2n) is 9.93. The molecule has 11 heteroatoms. The molecule has 0 amide bonds. The molecule has 0 atom stereocenters. The van der Waals surface area contributed by atoms with Gasteiger partial charge in [0.15, 0.2) is 5.82 Å². The molecule has 204 valence electrons. The monoisotopic (exact) mass is 540 g/mol. The van der Waals surface area contributed by atoms with Crippen LogP contribution in [0, 0.1) is 5.41 Å². The quantitative estimate of drug-likeness (QED) is 0.214. The van der Waals surface area contributed by atoms with E-state index in [0.29, 0.717) is 29.2 Å². The Balaban J connectivity index is 1.51. The van der Waals surface area contributed by atoms with Gasteiger partial charge >= 0.3 is 11.9 Å². The van der Waals surface area contributed by atoms with E-state index in [2.05, 4.69) is 25.6 Å². The fourth-order valence-corrected chi connectivity index (χ4v) is 4.21. The summed E-state index contributed by atoms with van der Waals surface area (Å²) in [6.07, 6.45) is 1.64. The summed E-state index contributed by atoms with van der Waals surface area (Å²) in [7, 11) is 0. The number of nitrogens with one attached hydrogen (secondary N) is 1. The molecule has 40 heavy (non-hydrogen) atoms. The van der Waals surface area contributed by atoms with E-state index in [-0.39, 0.29) is 5.56 Å². The Morgan fingerprint density at radius 1 is 0.950 bits per heavy atom. The maximum Gasteiger partial charge on any atom is 0.343 e. The Bertz CT molecular complexity index is 1670. The van der Waals surface area contributed by atoms with Crippen LogP contribution in [0.2, 0.25) is 0 Å². The minimum atomic E-state index is -0.707. The van der Waals surface area contributed by atoms with E-state index >= 15 is 0 Å². The zero-order chi connectivity index (χ0) is 28.3. The van der Waals surface area contributed by atoms with Crippen molar-refractivity contribution in [2.75, 3.05) is 13.4 Å². The van der Waals surface area contributed by atoms with Crippen LogP contribution in [0.3, 0.4) is 0 Å². The molecular weight excluding hydrogens is 512 g/mol. The van der Waals surface area contributed by atoms with Gasteiger partial charge in [0.1, 0.15) is 12.1 Å². The molecule has 3 aromatic carbocycles. The first-order valence-electron chi connectivity index (χ1n) is 12.7. The fraction of sp³-hybridized carbons (Fsp3) is 0.241. The number of H-pyrrole nitrogens is 1. The summed E-state index contributed by atoms with van der Waals surface area (Å²) in [5.41, 5.74) is 4.03. The first-order chi connectivity index (χ1) is 19.3. The number of hydrogen-bond donors (Lipinski definition) is 1. The number of rotatable bonds is 8. The van der Waals surface area contributed by atoms with Gasteiger partial charge in [0, 0.05) is 17.2 Å². The zero-order valence-electron chi connectivity index (χ0n) is 22.5. The van der Waals surface area contributed by atoms with Crippen molar-refractivity contribution in [2.45, 2.75) is 27.7 Å². The highest BCUT2D eigenvalue weighted by Crippen LogP contribution is 2.38. The number of hydrogen-bond acceptors (Lipinski definition) is 9. The van der Waals surface area contributed by atoms with Crippen LogP contribution in [0.25, 0.3) is 39.2 Å². The van der Waals surface area contributed by atoms with Crippen LogP contribution in [-0.4, -0.2) is 55.5 Å².